The van der Waals surface area contributed by atoms with Gasteiger partial charge >= 0.3 is 0 Å². The molecule has 0 aliphatic carbocycles. The lowest BCUT2D eigenvalue weighted by molar-refractivity contribution is 0.268. The zero-order valence-electron chi connectivity index (χ0n) is 31.9. The zero-order valence-corrected chi connectivity index (χ0v) is 35.1. The molecule has 6 rings (SSSR count). The van der Waals surface area contributed by atoms with Crippen LogP contribution < -0.4 is 33.2 Å². The van der Waals surface area contributed by atoms with Crippen molar-refractivity contribution in [1.29, 1.82) is 0 Å². The minimum absolute atomic E-state index is 0.0207. The number of anilines is 6. The van der Waals surface area contributed by atoms with Crippen molar-refractivity contribution in [2.75, 3.05) is 65.0 Å². The van der Waals surface area contributed by atoms with Gasteiger partial charge in [-0.3, -0.25) is 4.98 Å². The minimum atomic E-state index is -0.0834. The second-order valence-corrected chi connectivity index (χ2v) is 15.0. The highest BCUT2D eigenvalue weighted by Crippen LogP contribution is 2.25. The summed E-state index contributed by atoms with van der Waals surface area (Å²) in [5, 5.41) is 38.1. The zero-order chi connectivity index (χ0) is 41.3. The van der Waals surface area contributed by atoms with Crippen molar-refractivity contribution in [3.8, 4) is 0 Å². The number of nitrogens with zero attached hydrogens (tertiary/aromatic N) is 9. The van der Waals surface area contributed by atoms with E-state index in [1.807, 2.05) is 18.4 Å². The van der Waals surface area contributed by atoms with E-state index in [0.717, 1.165) is 42.3 Å². The topological polar surface area (TPSA) is 291 Å². The molecule has 0 saturated heterocycles. The third kappa shape index (κ3) is 13.4. The maximum absolute atomic E-state index is 9.39. The molecule has 0 spiro atoms. The van der Waals surface area contributed by atoms with Gasteiger partial charge in [-0.05, 0) is 71.5 Å². The molecule has 12 N–H and O–H groups in total. The van der Waals surface area contributed by atoms with Crippen LogP contribution in [0.25, 0.3) is 33.1 Å². The summed E-state index contributed by atoms with van der Waals surface area (Å²) in [4.78, 5) is 37.6. The van der Waals surface area contributed by atoms with E-state index in [-0.39, 0.29) is 55.8 Å². The molecule has 0 saturated carbocycles. The molecule has 0 bridgehead atoms. The summed E-state index contributed by atoms with van der Waals surface area (Å²) in [7, 11) is 0. The van der Waals surface area contributed by atoms with Crippen molar-refractivity contribution >= 4 is 108 Å². The molecule has 6 aromatic heterocycles. The van der Waals surface area contributed by atoms with Crippen LogP contribution in [-0.4, -0.2) is 110 Å². The smallest absolute Gasteiger partial charge is 0.222 e. The predicted octanol–water partition coefficient (Wildman–Crippen LogP) is 4.91. The predicted molar refractivity (Wildman–Crippen MR) is 234 cm³/mol. The molecule has 0 radical (unpaired) electrons. The van der Waals surface area contributed by atoms with Crippen molar-refractivity contribution in [3.63, 3.8) is 0 Å². The number of thioether (sulfide) groups is 1. The molecular weight excluding hydrogens is 838 g/mol. The van der Waals surface area contributed by atoms with E-state index in [4.69, 9.17) is 28.8 Å². The first-order valence-electron chi connectivity index (χ1n) is 18.2. The average Bonchev–Trinajstić information content (AvgIpc) is 3.18. The normalized spacial score (nSPS) is 12.6. The monoisotopic (exact) mass is 885 g/mol. The van der Waals surface area contributed by atoms with Crippen molar-refractivity contribution in [2.24, 2.45) is 0 Å². The van der Waals surface area contributed by atoms with Crippen LogP contribution >= 0.6 is 39.3 Å². The maximum atomic E-state index is 9.39. The summed E-state index contributed by atoms with van der Waals surface area (Å²) >= 11 is 11.0. The van der Waals surface area contributed by atoms with Crippen LogP contribution in [0.2, 0.25) is 5.02 Å². The summed E-state index contributed by atoms with van der Waals surface area (Å²) in [6.07, 6.45) is 11.4. The minimum Gasteiger partial charge on any atom is -0.394 e. The highest BCUT2D eigenvalue weighted by Gasteiger charge is 2.15. The highest BCUT2D eigenvalue weighted by atomic mass is 79.9. The van der Waals surface area contributed by atoms with E-state index in [2.05, 4.69) is 90.6 Å². The van der Waals surface area contributed by atoms with Crippen LogP contribution in [0.5, 0.6) is 0 Å². The number of hydrogen-bond acceptors (Lipinski definition) is 19. The number of nitrogen functional groups attached to an aromatic ring is 3. The Morgan fingerprint density at radius 3 is 1.61 bits per heavy atom. The Morgan fingerprint density at radius 2 is 1.12 bits per heavy atom. The fraction of sp³-hybridized carbons (Fsp3) is 0.417. The second kappa shape index (κ2) is 22.9. The van der Waals surface area contributed by atoms with Crippen LogP contribution in [0, 0.1) is 0 Å². The number of nitrogens with one attached hydrogen (secondary N) is 3. The van der Waals surface area contributed by atoms with Crippen LogP contribution in [-0.2, 0) is 0 Å². The molecule has 0 aliphatic heterocycles. The summed E-state index contributed by atoms with van der Waals surface area (Å²) in [6, 6.07) is 6.94. The maximum Gasteiger partial charge on any atom is 0.222 e. The molecule has 0 unspecified atom stereocenters. The van der Waals surface area contributed by atoms with E-state index in [1.54, 1.807) is 36.3 Å². The second-order valence-electron chi connectivity index (χ2n) is 12.6. The van der Waals surface area contributed by atoms with Gasteiger partial charge in [0.15, 0.2) is 17.5 Å². The molecule has 0 aliphatic rings. The highest BCUT2D eigenvalue weighted by molar-refractivity contribution is 9.10. The molecule has 3 atom stereocenters. The number of aliphatic hydroxyl groups excluding tert-OH is 3. The lowest BCUT2D eigenvalue weighted by atomic mass is 10.2. The van der Waals surface area contributed by atoms with Gasteiger partial charge in [0.1, 0.15) is 16.6 Å². The number of pyridine rings is 3. The van der Waals surface area contributed by atoms with Crippen molar-refractivity contribution < 1.29 is 15.3 Å². The number of aromatic nitrogens is 9. The first kappa shape index (κ1) is 45.0. The van der Waals surface area contributed by atoms with Gasteiger partial charge in [0.05, 0.1) is 59.5 Å². The van der Waals surface area contributed by atoms with Gasteiger partial charge in [-0.25, -0.2) is 24.9 Å². The number of nitrogens with two attached hydrogens (primary N) is 3. The quantitative estimate of drug-likeness (QED) is 0.0624. The third-order valence-corrected chi connectivity index (χ3v) is 9.42. The van der Waals surface area contributed by atoms with Gasteiger partial charge in [0.2, 0.25) is 17.8 Å². The Hall–Kier alpha value is -4.73. The number of halogens is 2. The first-order valence-corrected chi connectivity index (χ1v) is 20.8. The summed E-state index contributed by atoms with van der Waals surface area (Å²) in [5.74, 6) is 3.14. The Kier molecular flexibility index (Phi) is 18.0. The molecule has 6 heterocycles. The van der Waals surface area contributed by atoms with E-state index in [9.17, 15) is 15.3 Å². The van der Waals surface area contributed by atoms with Gasteiger partial charge in [0.25, 0.3) is 0 Å². The van der Waals surface area contributed by atoms with Crippen LogP contribution in [0.4, 0.5) is 35.3 Å². The number of fused-ring (bicyclic) bond motifs is 3. The first-order chi connectivity index (χ1) is 27.5. The van der Waals surface area contributed by atoms with E-state index in [1.165, 1.54) is 6.20 Å². The Bertz CT molecular complexity index is 2080. The molecule has 21 heteroatoms. The van der Waals surface area contributed by atoms with Crippen molar-refractivity contribution in [1.82, 2.24) is 44.9 Å². The van der Waals surface area contributed by atoms with E-state index >= 15 is 0 Å². The van der Waals surface area contributed by atoms with Crippen LogP contribution in [0.15, 0.2) is 47.3 Å². The van der Waals surface area contributed by atoms with Crippen LogP contribution in [0.3, 0.4) is 0 Å². The molecular formula is C36H49BrClN15O3S. The lowest BCUT2D eigenvalue weighted by Gasteiger charge is -2.17. The Balaban J connectivity index is 0.000000189. The van der Waals surface area contributed by atoms with Crippen LogP contribution in [0.1, 0.15) is 46.0 Å². The number of aliphatic hydroxyl groups is 3. The standard InChI is InChI=1S/C12H16BrN5O.C12H16ClN5O.C12H17N5OS/c2*1-2-3-8(6-19)16-11-10-9(17-12(14)18-11)4-7(13)5-15-10;1-19-6-4-8(7-18)15-11-10-9(3-2-5-14-10)16-12(13)17-11/h2*4-5,8,19H,2-3,6H2,1H3,(H3,14,16,17,18);2-3,5,8,18H,4,6-7H2,1H3,(H3,13,15,16,17)/t3*8-/m000/s1. The van der Waals surface area contributed by atoms with Gasteiger partial charge in [-0.1, -0.05) is 38.3 Å². The SMILES string of the molecule is CCC[C@@H](CO)Nc1nc(N)nc2cc(Br)cnc12.CCC[C@@H](CO)Nc1nc(N)nc2cc(Cl)cnc12.CSCC[C@@H](CO)Nc1nc(N)nc2cccnc12. The molecule has 57 heavy (non-hydrogen) atoms. The molecule has 6 aromatic rings. The van der Waals surface area contributed by atoms with Gasteiger partial charge in [-0.15, -0.1) is 0 Å². The molecule has 306 valence electrons. The molecule has 18 nitrogen and oxygen atoms in total. The molecule has 0 amide bonds. The van der Waals surface area contributed by atoms with Crippen molar-refractivity contribution in [2.45, 2.75) is 64.1 Å². The fourth-order valence-electron chi connectivity index (χ4n) is 5.48. The lowest BCUT2D eigenvalue weighted by Crippen LogP contribution is -2.25. The summed E-state index contributed by atoms with van der Waals surface area (Å²) in [5.41, 5.74) is 20.9. The number of hydrogen-bond donors (Lipinski definition) is 9. The number of rotatable bonds is 16. The van der Waals surface area contributed by atoms with Gasteiger partial charge < -0.3 is 48.5 Å². The average molecular weight is 887 g/mol. The van der Waals surface area contributed by atoms with Crippen molar-refractivity contribution in [3.05, 3.63) is 52.4 Å². The molecule has 0 aromatic carbocycles. The van der Waals surface area contributed by atoms with E-state index in [0.29, 0.717) is 55.6 Å². The third-order valence-electron chi connectivity index (χ3n) is 8.14. The van der Waals surface area contributed by atoms with Gasteiger partial charge in [0, 0.05) is 23.1 Å². The summed E-state index contributed by atoms with van der Waals surface area (Å²) in [6.45, 7) is 4.21. The van der Waals surface area contributed by atoms with Gasteiger partial charge in [-0.2, -0.15) is 26.7 Å². The Morgan fingerprint density at radius 1 is 0.667 bits per heavy atom. The molecule has 0 fully saturated rings. The van der Waals surface area contributed by atoms with E-state index < -0.39 is 0 Å². The fourth-order valence-corrected chi connectivity index (χ4v) is 6.47. The largest absolute Gasteiger partial charge is 0.394 e. The Labute approximate surface area is 347 Å². The summed E-state index contributed by atoms with van der Waals surface area (Å²) < 4.78 is 0.830.